The van der Waals surface area contributed by atoms with Gasteiger partial charge in [-0.3, -0.25) is 9.63 Å². The normalized spacial score (nSPS) is 21.1. The topological polar surface area (TPSA) is 47.6 Å². The van der Waals surface area contributed by atoms with Crippen LogP contribution in [0.3, 0.4) is 0 Å². The summed E-state index contributed by atoms with van der Waals surface area (Å²) in [6.07, 6.45) is 1.94. The molecule has 1 saturated heterocycles. The van der Waals surface area contributed by atoms with Crippen molar-refractivity contribution >= 4 is 5.91 Å². The van der Waals surface area contributed by atoms with Crippen LogP contribution in [0.5, 0.6) is 0 Å². The Hall–Kier alpha value is -0.610. The van der Waals surface area contributed by atoms with E-state index in [-0.39, 0.29) is 11.8 Å². The van der Waals surface area contributed by atoms with Crippen molar-refractivity contribution in [2.24, 2.45) is 11.8 Å². The summed E-state index contributed by atoms with van der Waals surface area (Å²) < 4.78 is 5.23. The first kappa shape index (κ1) is 10.5. The predicted octanol–water partition coefficient (Wildman–Crippen LogP) is 0.727. The lowest BCUT2D eigenvalue weighted by atomic mass is 9.87. The summed E-state index contributed by atoms with van der Waals surface area (Å²) in [5, 5.41) is 0. The molecular formula is C9H17NO3. The first-order valence-electron chi connectivity index (χ1n) is 4.66. The van der Waals surface area contributed by atoms with E-state index < -0.39 is 0 Å². The minimum Gasteiger partial charge on any atom is -0.381 e. The van der Waals surface area contributed by atoms with E-state index in [9.17, 15) is 4.79 Å². The van der Waals surface area contributed by atoms with Crippen molar-refractivity contribution in [1.82, 2.24) is 5.48 Å². The molecule has 1 rings (SSSR count). The molecule has 1 unspecified atom stereocenters. The maximum atomic E-state index is 11.4. The lowest BCUT2D eigenvalue weighted by Gasteiger charge is -2.26. The quantitative estimate of drug-likeness (QED) is 0.662. The van der Waals surface area contributed by atoms with Gasteiger partial charge in [0, 0.05) is 19.1 Å². The van der Waals surface area contributed by atoms with Crippen molar-refractivity contribution in [3.63, 3.8) is 0 Å². The van der Waals surface area contributed by atoms with Crippen LogP contribution in [0.1, 0.15) is 19.8 Å². The second kappa shape index (κ2) is 5.19. The summed E-state index contributed by atoms with van der Waals surface area (Å²) in [6, 6.07) is 0. The average molecular weight is 187 g/mol. The van der Waals surface area contributed by atoms with Crippen LogP contribution in [-0.2, 0) is 14.4 Å². The Morgan fingerprint density at radius 2 is 2.15 bits per heavy atom. The van der Waals surface area contributed by atoms with Crippen molar-refractivity contribution in [1.29, 1.82) is 0 Å². The molecule has 0 aliphatic carbocycles. The summed E-state index contributed by atoms with van der Waals surface area (Å²) in [5.41, 5.74) is 2.36. The Morgan fingerprint density at radius 1 is 1.54 bits per heavy atom. The lowest BCUT2D eigenvalue weighted by Crippen LogP contribution is -2.34. The highest BCUT2D eigenvalue weighted by atomic mass is 16.6. The number of carbonyl (C=O) groups is 1. The van der Waals surface area contributed by atoms with Crippen molar-refractivity contribution in [3.05, 3.63) is 0 Å². The van der Waals surface area contributed by atoms with Crippen LogP contribution in [0.25, 0.3) is 0 Å². The summed E-state index contributed by atoms with van der Waals surface area (Å²) in [7, 11) is 1.45. The largest absolute Gasteiger partial charge is 0.381 e. The van der Waals surface area contributed by atoms with Gasteiger partial charge in [0.05, 0.1) is 7.11 Å². The van der Waals surface area contributed by atoms with Gasteiger partial charge >= 0.3 is 0 Å². The van der Waals surface area contributed by atoms with Gasteiger partial charge < -0.3 is 4.74 Å². The fourth-order valence-corrected chi connectivity index (χ4v) is 1.62. The summed E-state index contributed by atoms with van der Waals surface area (Å²) in [5.74, 6) is 0.419. The Balaban J connectivity index is 2.35. The third-order valence-corrected chi connectivity index (χ3v) is 2.59. The maximum Gasteiger partial charge on any atom is 0.246 e. The molecule has 0 aromatic heterocycles. The van der Waals surface area contributed by atoms with E-state index in [1.54, 1.807) is 0 Å². The Labute approximate surface area is 78.5 Å². The number of carbonyl (C=O) groups excluding carboxylic acids is 1. The molecule has 1 N–H and O–H groups in total. The number of rotatable bonds is 3. The number of hydroxylamine groups is 1. The van der Waals surface area contributed by atoms with Crippen molar-refractivity contribution in [3.8, 4) is 0 Å². The van der Waals surface area contributed by atoms with Crippen LogP contribution < -0.4 is 5.48 Å². The molecule has 1 aliphatic rings. The molecule has 13 heavy (non-hydrogen) atoms. The van der Waals surface area contributed by atoms with Gasteiger partial charge in [0.1, 0.15) is 0 Å². The van der Waals surface area contributed by atoms with E-state index in [1.165, 1.54) is 7.11 Å². The van der Waals surface area contributed by atoms with Crippen LogP contribution in [0, 0.1) is 11.8 Å². The second-order valence-electron chi connectivity index (χ2n) is 3.41. The van der Waals surface area contributed by atoms with E-state index in [0.717, 1.165) is 26.1 Å². The molecular weight excluding hydrogens is 170 g/mol. The summed E-state index contributed by atoms with van der Waals surface area (Å²) in [6.45, 7) is 3.48. The second-order valence-corrected chi connectivity index (χ2v) is 3.41. The number of hydrogen-bond acceptors (Lipinski definition) is 3. The van der Waals surface area contributed by atoms with Crippen LogP contribution >= 0.6 is 0 Å². The van der Waals surface area contributed by atoms with E-state index in [1.807, 2.05) is 6.92 Å². The molecule has 0 aromatic rings. The van der Waals surface area contributed by atoms with Gasteiger partial charge in [0.2, 0.25) is 5.91 Å². The zero-order chi connectivity index (χ0) is 9.68. The smallest absolute Gasteiger partial charge is 0.246 e. The number of nitrogens with one attached hydrogen (secondary N) is 1. The molecule has 0 saturated carbocycles. The molecule has 1 atom stereocenters. The van der Waals surface area contributed by atoms with Crippen LogP contribution in [0.2, 0.25) is 0 Å². The number of ether oxygens (including phenoxy) is 1. The fraction of sp³-hybridized carbons (Fsp3) is 0.889. The third kappa shape index (κ3) is 2.97. The Bertz CT molecular complexity index is 166. The third-order valence-electron chi connectivity index (χ3n) is 2.59. The number of hydrogen-bond donors (Lipinski definition) is 1. The highest BCUT2D eigenvalue weighted by Gasteiger charge is 2.25. The molecule has 0 spiro atoms. The molecule has 76 valence electrons. The molecule has 1 amide bonds. The predicted molar refractivity (Wildman–Crippen MR) is 47.9 cm³/mol. The average Bonchev–Trinajstić information content (AvgIpc) is 2.18. The molecule has 4 nitrogen and oxygen atoms in total. The van der Waals surface area contributed by atoms with Crippen LogP contribution in [-0.4, -0.2) is 26.2 Å². The van der Waals surface area contributed by atoms with Crippen molar-refractivity contribution < 1.29 is 14.4 Å². The zero-order valence-corrected chi connectivity index (χ0v) is 8.21. The molecule has 0 aromatic carbocycles. The van der Waals surface area contributed by atoms with Crippen molar-refractivity contribution in [2.45, 2.75) is 19.8 Å². The van der Waals surface area contributed by atoms with Gasteiger partial charge in [0.25, 0.3) is 0 Å². The summed E-state index contributed by atoms with van der Waals surface area (Å²) in [4.78, 5) is 16.0. The van der Waals surface area contributed by atoms with Crippen molar-refractivity contribution in [2.75, 3.05) is 20.3 Å². The minimum atomic E-state index is -0.0330. The molecule has 0 bridgehead atoms. The van der Waals surface area contributed by atoms with Gasteiger partial charge in [-0.2, -0.15) is 0 Å². The molecule has 1 aliphatic heterocycles. The summed E-state index contributed by atoms with van der Waals surface area (Å²) >= 11 is 0. The molecule has 0 radical (unpaired) electrons. The molecule has 1 heterocycles. The van der Waals surface area contributed by atoms with E-state index in [2.05, 4.69) is 10.3 Å². The van der Waals surface area contributed by atoms with Gasteiger partial charge in [-0.05, 0) is 18.8 Å². The minimum absolute atomic E-state index is 0.0175. The van der Waals surface area contributed by atoms with Gasteiger partial charge in [0.15, 0.2) is 0 Å². The van der Waals surface area contributed by atoms with Gasteiger partial charge in [-0.15, -0.1) is 0 Å². The Morgan fingerprint density at radius 3 is 2.69 bits per heavy atom. The van der Waals surface area contributed by atoms with E-state index in [0.29, 0.717) is 5.92 Å². The van der Waals surface area contributed by atoms with Gasteiger partial charge in [-0.1, -0.05) is 6.92 Å². The Kier molecular flexibility index (Phi) is 4.18. The van der Waals surface area contributed by atoms with Crippen LogP contribution in [0.4, 0.5) is 0 Å². The van der Waals surface area contributed by atoms with Gasteiger partial charge in [-0.25, -0.2) is 5.48 Å². The monoisotopic (exact) mass is 187 g/mol. The molecule has 1 fully saturated rings. The zero-order valence-electron chi connectivity index (χ0n) is 8.21. The van der Waals surface area contributed by atoms with E-state index >= 15 is 0 Å². The van der Waals surface area contributed by atoms with Crippen LogP contribution in [0.15, 0.2) is 0 Å². The highest BCUT2D eigenvalue weighted by Crippen LogP contribution is 2.23. The first-order chi connectivity index (χ1) is 6.25. The lowest BCUT2D eigenvalue weighted by molar-refractivity contribution is -0.137. The highest BCUT2D eigenvalue weighted by molar-refractivity contribution is 5.77. The maximum absolute atomic E-state index is 11.4. The SMILES string of the molecule is CONC(=O)C(C)C1CCOCC1. The molecule has 4 heteroatoms. The first-order valence-corrected chi connectivity index (χ1v) is 4.66. The standard InChI is InChI=1S/C9H17NO3/c1-7(9(11)10-12-2)8-3-5-13-6-4-8/h7-8H,3-6H2,1-2H3,(H,10,11). The fourth-order valence-electron chi connectivity index (χ4n) is 1.62. The van der Waals surface area contributed by atoms with E-state index in [4.69, 9.17) is 4.74 Å². The number of amides is 1.